The van der Waals surface area contributed by atoms with Crippen LogP contribution in [0.2, 0.25) is 0 Å². The van der Waals surface area contributed by atoms with Gasteiger partial charge in [0.25, 0.3) is 5.91 Å². The lowest BCUT2D eigenvalue weighted by Gasteiger charge is -2.36. The predicted octanol–water partition coefficient (Wildman–Crippen LogP) is 3.07. The number of piperazine rings is 1. The Bertz CT molecular complexity index is 1080. The number of amides is 1. The Balaban J connectivity index is 1.24. The summed E-state index contributed by atoms with van der Waals surface area (Å²) in [5, 5.41) is 8.56. The molecular formula is C25H27N5O3. The second-order valence-electron chi connectivity index (χ2n) is 8.06. The van der Waals surface area contributed by atoms with Crippen molar-refractivity contribution in [2.45, 2.75) is 0 Å². The molecule has 2 aliphatic heterocycles. The largest absolute Gasteiger partial charge is 0.457 e. The van der Waals surface area contributed by atoms with Gasteiger partial charge in [-0.05, 0) is 24.3 Å². The van der Waals surface area contributed by atoms with Crippen molar-refractivity contribution in [2.75, 3.05) is 62.3 Å². The van der Waals surface area contributed by atoms with Crippen molar-refractivity contribution in [1.82, 2.24) is 15.1 Å². The van der Waals surface area contributed by atoms with Crippen LogP contribution < -0.4 is 14.5 Å². The maximum absolute atomic E-state index is 13.3. The SMILES string of the molecule is O=C(c1ccccc1Oc1ccccc1)N1CCN(c2cc(N3CCOCC3)cnn2)CC1. The number of para-hydroxylation sites is 2. The second kappa shape index (κ2) is 9.87. The summed E-state index contributed by atoms with van der Waals surface area (Å²) in [6.07, 6.45) is 1.80. The molecule has 5 rings (SSSR count). The Morgan fingerprint density at radius 2 is 1.58 bits per heavy atom. The summed E-state index contributed by atoms with van der Waals surface area (Å²) in [7, 11) is 0. The molecule has 0 unspecified atom stereocenters. The van der Waals surface area contributed by atoms with Crippen LogP contribution in [0.15, 0.2) is 66.9 Å². The van der Waals surface area contributed by atoms with Crippen molar-refractivity contribution >= 4 is 17.4 Å². The first kappa shape index (κ1) is 21.2. The number of anilines is 2. The topological polar surface area (TPSA) is 71.0 Å². The number of hydrogen-bond donors (Lipinski definition) is 0. The lowest BCUT2D eigenvalue weighted by molar-refractivity contribution is 0.0744. The number of carbonyl (C=O) groups is 1. The van der Waals surface area contributed by atoms with E-state index in [1.165, 1.54) is 0 Å². The van der Waals surface area contributed by atoms with Gasteiger partial charge in [0.15, 0.2) is 5.82 Å². The third-order valence-electron chi connectivity index (χ3n) is 5.98. The molecular weight excluding hydrogens is 418 g/mol. The quantitative estimate of drug-likeness (QED) is 0.598. The molecule has 0 spiro atoms. The molecule has 0 radical (unpaired) electrons. The van der Waals surface area contributed by atoms with E-state index in [-0.39, 0.29) is 5.91 Å². The first-order valence-electron chi connectivity index (χ1n) is 11.3. The highest BCUT2D eigenvalue weighted by atomic mass is 16.5. The lowest BCUT2D eigenvalue weighted by atomic mass is 10.1. The average Bonchev–Trinajstić information content (AvgIpc) is 2.90. The first-order chi connectivity index (χ1) is 16.3. The van der Waals surface area contributed by atoms with Gasteiger partial charge in [0, 0.05) is 45.3 Å². The maximum atomic E-state index is 13.3. The van der Waals surface area contributed by atoms with Crippen LogP contribution in [0.5, 0.6) is 11.5 Å². The Hall–Kier alpha value is -3.65. The summed E-state index contributed by atoms with van der Waals surface area (Å²) in [5.74, 6) is 2.11. The normalized spacial score (nSPS) is 16.5. The van der Waals surface area contributed by atoms with E-state index in [9.17, 15) is 4.79 Å². The highest BCUT2D eigenvalue weighted by molar-refractivity contribution is 5.97. The van der Waals surface area contributed by atoms with Gasteiger partial charge in [-0.3, -0.25) is 4.79 Å². The molecule has 33 heavy (non-hydrogen) atoms. The zero-order chi connectivity index (χ0) is 22.5. The Morgan fingerprint density at radius 3 is 2.36 bits per heavy atom. The number of benzene rings is 2. The summed E-state index contributed by atoms with van der Waals surface area (Å²) in [5.41, 5.74) is 1.64. The van der Waals surface area contributed by atoms with Gasteiger partial charge in [0.1, 0.15) is 11.5 Å². The average molecular weight is 446 g/mol. The molecule has 0 bridgehead atoms. The third-order valence-corrected chi connectivity index (χ3v) is 5.98. The molecule has 2 fully saturated rings. The van der Waals surface area contributed by atoms with Crippen LogP contribution in [0.3, 0.4) is 0 Å². The molecule has 170 valence electrons. The molecule has 2 saturated heterocycles. The molecule has 2 aliphatic rings. The van der Waals surface area contributed by atoms with E-state index in [2.05, 4.69) is 26.1 Å². The van der Waals surface area contributed by atoms with E-state index >= 15 is 0 Å². The van der Waals surface area contributed by atoms with Gasteiger partial charge in [-0.15, -0.1) is 5.10 Å². The Labute approximate surface area is 193 Å². The van der Waals surface area contributed by atoms with Crippen LogP contribution in [0.4, 0.5) is 11.5 Å². The van der Waals surface area contributed by atoms with Gasteiger partial charge in [-0.2, -0.15) is 5.10 Å². The van der Waals surface area contributed by atoms with E-state index < -0.39 is 0 Å². The summed E-state index contributed by atoms with van der Waals surface area (Å²) in [4.78, 5) is 19.6. The van der Waals surface area contributed by atoms with Crippen LogP contribution in [0.25, 0.3) is 0 Å². The molecule has 0 aliphatic carbocycles. The fraction of sp³-hybridized carbons (Fsp3) is 0.320. The van der Waals surface area contributed by atoms with Gasteiger partial charge < -0.3 is 24.2 Å². The van der Waals surface area contributed by atoms with Crippen LogP contribution in [-0.4, -0.2) is 73.5 Å². The number of nitrogens with zero attached hydrogens (tertiary/aromatic N) is 5. The highest BCUT2D eigenvalue weighted by Crippen LogP contribution is 2.27. The number of morpholine rings is 1. The molecule has 0 N–H and O–H groups in total. The van der Waals surface area contributed by atoms with Crippen LogP contribution in [-0.2, 0) is 4.74 Å². The number of carbonyl (C=O) groups excluding carboxylic acids is 1. The van der Waals surface area contributed by atoms with Crippen LogP contribution in [0.1, 0.15) is 10.4 Å². The molecule has 3 heterocycles. The number of ether oxygens (including phenoxy) is 2. The van der Waals surface area contributed by atoms with E-state index in [0.29, 0.717) is 43.2 Å². The van der Waals surface area contributed by atoms with Gasteiger partial charge >= 0.3 is 0 Å². The molecule has 0 atom stereocenters. The smallest absolute Gasteiger partial charge is 0.257 e. The molecule has 8 heteroatoms. The minimum Gasteiger partial charge on any atom is -0.457 e. The van der Waals surface area contributed by atoms with Crippen LogP contribution in [0, 0.1) is 0 Å². The molecule has 8 nitrogen and oxygen atoms in total. The Kier molecular flexibility index (Phi) is 6.34. The van der Waals surface area contributed by atoms with Gasteiger partial charge in [0.2, 0.25) is 0 Å². The summed E-state index contributed by atoms with van der Waals surface area (Å²) in [6.45, 7) is 5.81. The maximum Gasteiger partial charge on any atom is 0.257 e. The summed E-state index contributed by atoms with van der Waals surface area (Å²) in [6, 6.07) is 19.0. The predicted molar refractivity (Wildman–Crippen MR) is 126 cm³/mol. The minimum absolute atomic E-state index is 0.0191. The summed E-state index contributed by atoms with van der Waals surface area (Å²) < 4.78 is 11.4. The van der Waals surface area contributed by atoms with Crippen molar-refractivity contribution in [3.8, 4) is 11.5 Å². The van der Waals surface area contributed by atoms with Gasteiger partial charge in [-0.25, -0.2) is 0 Å². The fourth-order valence-electron chi connectivity index (χ4n) is 4.15. The fourth-order valence-corrected chi connectivity index (χ4v) is 4.15. The highest BCUT2D eigenvalue weighted by Gasteiger charge is 2.25. The number of aromatic nitrogens is 2. The zero-order valence-corrected chi connectivity index (χ0v) is 18.5. The molecule has 0 saturated carbocycles. The van der Waals surface area contributed by atoms with E-state index in [4.69, 9.17) is 9.47 Å². The molecule has 3 aromatic rings. The van der Waals surface area contributed by atoms with Crippen molar-refractivity contribution < 1.29 is 14.3 Å². The van der Waals surface area contributed by atoms with E-state index in [0.717, 1.165) is 37.8 Å². The van der Waals surface area contributed by atoms with Crippen molar-refractivity contribution in [3.05, 3.63) is 72.4 Å². The van der Waals surface area contributed by atoms with Gasteiger partial charge in [-0.1, -0.05) is 30.3 Å². The zero-order valence-electron chi connectivity index (χ0n) is 18.5. The number of rotatable bonds is 5. The monoisotopic (exact) mass is 445 g/mol. The first-order valence-corrected chi connectivity index (χ1v) is 11.3. The van der Waals surface area contributed by atoms with E-state index in [1.54, 1.807) is 6.20 Å². The van der Waals surface area contributed by atoms with Gasteiger partial charge in [0.05, 0.1) is 30.7 Å². The summed E-state index contributed by atoms with van der Waals surface area (Å²) >= 11 is 0. The number of hydrogen-bond acceptors (Lipinski definition) is 7. The van der Waals surface area contributed by atoms with Crippen LogP contribution >= 0.6 is 0 Å². The minimum atomic E-state index is -0.0191. The lowest BCUT2D eigenvalue weighted by Crippen LogP contribution is -2.49. The second-order valence-corrected chi connectivity index (χ2v) is 8.06. The Morgan fingerprint density at radius 1 is 0.848 bits per heavy atom. The van der Waals surface area contributed by atoms with Crippen molar-refractivity contribution in [1.29, 1.82) is 0 Å². The molecule has 1 aromatic heterocycles. The van der Waals surface area contributed by atoms with Crippen molar-refractivity contribution in [2.24, 2.45) is 0 Å². The molecule has 1 amide bonds. The van der Waals surface area contributed by atoms with Crippen molar-refractivity contribution in [3.63, 3.8) is 0 Å². The molecule has 2 aromatic carbocycles. The standard InChI is InChI=1S/C25H27N5O3/c31-25(22-8-4-5-9-23(22)33-21-6-2-1-3-7-21)30-12-10-29(11-13-30)24-18-20(19-26-27-24)28-14-16-32-17-15-28/h1-9,18-19H,10-17H2. The van der Waals surface area contributed by atoms with E-state index in [1.807, 2.05) is 59.5 Å². The third kappa shape index (κ3) is 4.90.